The van der Waals surface area contributed by atoms with Crippen LogP contribution in [0.4, 0.5) is 5.69 Å². The molecule has 0 aromatic heterocycles. The zero-order chi connectivity index (χ0) is 30.7. The van der Waals surface area contributed by atoms with Crippen molar-refractivity contribution >= 4 is 62.3 Å². The molecule has 0 spiro atoms. The summed E-state index contributed by atoms with van der Waals surface area (Å²) in [6.45, 7) is 10.0. The molecule has 0 bridgehead atoms. The van der Waals surface area contributed by atoms with E-state index in [0.717, 1.165) is 9.87 Å². The molecule has 1 N–H and O–H groups in total. The van der Waals surface area contributed by atoms with Gasteiger partial charge in [0.15, 0.2) is 0 Å². The Morgan fingerprint density at radius 3 is 2.05 bits per heavy atom. The Kier molecular flexibility index (Phi) is 10.4. The van der Waals surface area contributed by atoms with Crippen molar-refractivity contribution in [2.75, 3.05) is 10.8 Å². The summed E-state index contributed by atoms with van der Waals surface area (Å²) in [5, 5.41) is 4.06. The van der Waals surface area contributed by atoms with Crippen LogP contribution in [0.1, 0.15) is 44.4 Å². The number of carbonyl (C=O) groups excluding carboxylic acids is 2. The third kappa shape index (κ3) is 8.38. The second-order valence-electron chi connectivity index (χ2n) is 10.9. The number of halogens is 3. The molecule has 3 rings (SSSR count). The molecule has 0 fully saturated rings. The summed E-state index contributed by atoms with van der Waals surface area (Å²) in [7, 11) is -4.20. The molecule has 0 saturated carbocycles. The predicted molar refractivity (Wildman–Crippen MR) is 166 cm³/mol. The van der Waals surface area contributed by atoms with Crippen LogP contribution in [0.5, 0.6) is 0 Å². The molecule has 7 nitrogen and oxygen atoms in total. The summed E-state index contributed by atoms with van der Waals surface area (Å²) >= 11 is 18.7. The highest BCUT2D eigenvalue weighted by molar-refractivity contribution is 7.92. The Balaban J connectivity index is 2.10. The molecule has 0 unspecified atom stereocenters. The van der Waals surface area contributed by atoms with Gasteiger partial charge in [-0.2, -0.15) is 0 Å². The number of sulfonamides is 1. The topological polar surface area (TPSA) is 86.8 Å². The van der Waals surface area contributed by atoms with Crippen LogP contribution < -0.4 is 9.62 Å². The number of carbonyl (C=O) groups is 2. The number of aryl methyl sites for hydroxylation is 2. The molecule has 1 atom stereocenters. The molecule has 0 saturated heterocycles. The van der Waals surface area contributed by atoms with E-state index in [0.29, 0.717) is 31.9 Å². The summed E-state index contributed by atoms with van der Waals surface area (Å²) in [6.07, 6.45) is 0. The summed E-state index contributed by atoms with van der Waals surface area (Å²) in [5.41, 5.74) is 1.74. The van der Waals surface area contributed by atoms with E-state index in [2.05, 4.69) is 5.32 Å². The lowest BCUT2D eigenvalue weighted by Gasteiger charge is -2.34. The first-order chi connectivity index (χ1) is 19.0. The zero-order valence-electron chi connectivity index (χ0n) is 23.8. The fourth-order valence-electron chi connectivity index (χ4n) is 4.14. The standard InChI is InChI=1S/C30H34Cl3N3O4S/c1-19-7-12-25(13-8-19)41(39,40)36(27-14-11-23(31)15-20(27)2)18-28(37)35(21(3)29(38)34-30(4,5)6)17-22-9-10-24(32)16-26(22)33/h7-16,21H,17-18H2,1-6H3,(H,34,38)/t21-/m0/s1. The summed E-state index contributed by atoms with van der Waals surface area (Å²) in [5.74, 6) is -0.996. The first kappa shape index (κ1) is 32.7. The molecule has 0 radical (unpaired) electrons. The Morgan fingerprint density at radius 2 is 1.49 bits per heavy atom. The lowest BCUT2D eigenvalue weighted by atomic mass is 10.1. The molecule has 2 amide bonds. The lowest BCUT2D eigenvalue weighted by Crippen LogP contribution is -2.54. The van der Waals surface area contributed by atoms with E-state index in [1.54, 1.807) is 62.4 Å². The fourth-order valence-corrected chi connectivity index (χ4v) is 6.31. The number of hydrogen-bond donors (Lipinski definition) is 1. The van der Waals surface area contributed by atoms with E-state index in [1.807, 2.05) is 27.7 Å². The molecule has 0 heterocycles. The van der Waals surface area contributed by atoms with Crippen LogP contribution in [0.2, 0.25) is 15.1 Å². The Bertz CT molecular complexity index is 1540. The predicted octanol–water partition coefficient (Wildman–Crippen LogP) is 6.79. The van der Waals surface area contributed by atoms with Crippen molar-refractivity contribution in [3.05, 3.63) is 92.4 Å². The van der Waals surface area contributed by atoms with Gasteiger partial charge in [0.1, 0.15) is 12.6 Å². The molecule has 0 aliphatic heterocycles. The maximum Gasteiger partial charge on any atom is 0.264 e. The van der Waals surface area contributed by atoms with Gasteiger partial charge >= 0.3 is 0 Å². The minimum absolute atomic E-state index is 0.0241. The van der Waals surface area contributed by atoms with Gasteiger partial charge in [-0.1, -0.05) is 58.6 Å². The van der Waals surface area contributed by atoms with E-state index in [-0.39, 0.29) is 11.4 Å². The van der Waals surface area contributed by atoms with Gasteiger partial charge in [-0.15, -0.1) is 0 Å². The highest BCUT2D eigenvalue weighted by Gasteiger charge is 2.34. The van der Waals surface area contributed by atoms with Crippen LogP contribution in [-0.2, 0) is 26.2 Å². The van der Waals surface area contributed by atoms with Crippen LogP contribution in [0.3, 0.4) is 0 Å². The van der Waals surface area contributed by atoms with Gasteiger partial charge in [-0.3, -0.25) is 13.9 Å². The molecular formula is C30H34Cl3N3O4S. The lowest BCUT2D eigenvalue weighted by molar-refractivity contribution is -0.140. The smallest absolute Gasteiger partial charge is 0.264 e. The highest BCUT2D eigenvalue weighted by Crippen LogP contribution is 2.30. The van der Waals surface area contributed by atoms with Crippen LogP contribution in [-0.4, -0.2) is 43.3 Å². The van der Waals surface area contributed by atoms with Crippen molar-refractivity contribution < 1.29 is 18.0 Å². The average molecular weight is 639 g/mol. The van der Waals surface area contributed by atoms with Crippen LogP contribution in [0, 0.1) is 13.8 Å². The Labute approximate surface area is 257 Å². The van der Waals surface area contributed by atoms with Crippen molar-refractivity contribution in [1.29, 1.82) is 0 Å². The Hall–Kier alpha value is -2.78. The van der Waals surface area contributed by atoms with Gasteiger partial charge in [0.05, 0.1) is 10.6 Å². The van der Waals surface area contributed by atoms with Gasteiger partial charge in [0.2, 0.25) is 11.8 Å². The first-order valence-electron chi connectivity index (χ1n) is 12.9. The Morgan fingerprint density at radius 1 is 0.902 bits per heavy atom. The van der Waals surface area contributed by atoms with Gasteiger partial charge in [0.25, 0.3) is 10.0 Å². The molecule has 41 heavy (non-hydrogen) atoms. The summed E-state index contributed by atoms with van der Waals surface area (Å²) in [6, 6.07) is 15.0. The first-order valence-corrected chi connectivity index (χ1v) is 15.5. The quantitative estimate of drug-likeness (QED) is 0.280. The number of amides is 2. The van der Waals surface area contributed by atoms with E-state index >= 15 is 0 Å². The molecule has 3 aromatic rings. The largest absolute Gasteiger partial charge is 0.350 e. The maximum absolute atomic E-state index is 14.1. The second kappa shape index (κ2) is 13.0. The number of hydrogen-bond acceptors (Lipinski definition) is 4. The highest BCUT2D eigenvalue weighted by atomic mass is 35.5. The van der Waals surface area contributed by atoms with Crippen molar-refractivity contribution in [1.82, 2.24) is 10.2 Å². The van der Waals surface area contributed by atoms with Crippen LogP contribution in [0.25, 0.3) is 0 Å². The summed E-state index contributed by atoms with van der Waals surface area (Å²) in [4.78, 5) is 28.6. The number of benzene rings is 3. The van der Waals surface area contributed by atoms with Crippen molar-refractivity contribution in [3.8, 4) is 0 Å². The average Bonchev–Trinajstić information content (AvgIpc) is 2.86. The van der Waals surface area contributed by atoms with Crippen molar-refractivity contribution in [2.24, 2.45) is 0 Å². The molecular weight excluding hydrogens is 605 g/mol. The third-order valence-electron chi connectivity index (χ3n) is 6.34. The van der Waals surface area contributed by atoms with Crippen LogP contribution in [0.15, 0.2) is 65.6 Å². The molecule has 0 aliphatic carbocycles. The van der Waals surface area contributed by atoms with Gasteiger partial charge < -0.3 is 10.2 Å². The minimum atomic E-state index is -4.20. The van der Waals surface area contributed by atoms with Gasteiger partial charge in [-0.25, -0.2) is 8.42 Å². The maximum atomic E-state index is 14.1. The second-order valence-corrected chi connectivity index (χ2v) is 14.1. The van der Waals surface area contributed by atoms with Crippen LogP contribution >= 0.6 is 34.8 Å². The molecule has 11 heteroatoms. The number of anilines is 1. The monoisotopic (exact) mass is 637 g/mol. The fraction of sp³-hybridized carbons (Fsp3) is 0.333. The van der Waals surface area contributed by atoms with Crippen molar-refractivity contribution in [2.45, 2.75) is 64.6 Å². The third-order valence-corrected chi connectivity index (χ3v) is 8.93. The van der Waals surface area contributed by atoms with E-state index < -0.39 is 40.0 Å². The zero-order valence-corrected chi connectivity index (χ0v) is 26.9. The number of nitrogens with zero attached hydrogens (tertiary/aromatic N) is 2. The molecule has 3 aromatic carbocycles. The minimum Gasteiger partial charge on any atom is -0.350 e. The number of rotatable bonds is 9. The van der Waals surface area contributed by atoms with E-state index in [9.17, 15) is 18.0 Å². The van der Waals surface area contributed by atoms with E-state index in [4.69, 9.17) is 34.8 Å². The summed E-state index contributed by atoms with van der Waals surface area (Å²) < 4.78 is 29.0. The molecule has 0 aliphatic rings. The number of nitrogens with one attached hydrogen (secondary N) is 1. The van der Waals surface area contributed by atoms with Crippen molar-refractivity contribution in [3.63, 3.8) is 0 Å². The normalized spacial score (nSPS) is 12.5. The van der Waals surface area contributed by atoms with E-state index in [1.165, 1.54) is 17.0 Å². The van der Waals surface area contributed by atoms with Gasteiger partial charge in [0, 0.05) is 27.2 Å². The van der Waals surface area contributed by atoms with Gasteiger partial charge in [-0.05, 0) is 95.1 Å². The molecule has 220 valence electrons. The SMILES string of the molecule is Cc1ccc(S(=O)(=O)N(CC(=O)N(Cc2ccc(Cl)cc2Cl)[C@@H](C)C(=O)NC(C)(C)C)c2ccc(Cl)cc2C)cc1.